The summed E-state index contributed by atoms with van der Waals surface area (Å²) in [5, 5.41) is 6.66. The fraction of sp³-hybridized carbons (Fsp3) is 0.381. The van der Waals surface area contributed by atoms with Crippen LogP contribution in [0.5, 0.6) is 11.5 Å². The molecular weight excluding hydrogens is 469 g/mol. The molecule has 0 unspecified atom stereocenters. The molecule has 0 heterocycles. The van der Waals surface area contributed by atoms with Crippen molar-refractivity contribution in [3.63, 3.8) is 0 Å². The number of halogens is 1. The zero-order chi connectivity index (χ0) is 19.5. The molecule has 0 amide bonds. The van der Waals surface area contributed by atoms with Gasteiger partial charge in [0.1, 0.15) is 11.5 Å². The Balaban J connectivity index is 0.00000392. The second-order valence-electron chi connectivity index (χ2n) is 5.93. The SMILES string of the molecule is CCNC(=NCc1ccc(OC)cc1OC)NCc1ccccc1COC.I. The fourth-order valence-corrected chi connectivity index (χ4v) is 2.69. The van der Waals surface area contributed by atoms with Crippen molar-refractivity contribution >= 4 is 29.9 Å². The van der Waals surface area contributed by atoms with E-state index in [0.29, 0.717) is 19.7 Å². The van der Waals surface area contributed by atoms with Crippen LogP contribution in [-0.2, 0) is 24.4 Å². The van der Waals surface area contributed by atoms with Gasteiger partial charge in [-0.25, -0.2) is 4.99 Å². The topological polar surface area (TPSA) is 64.1 Å². The molecule has 28 heavy (non-hydrogen) atoms. The first-order valence-corrected chi connectivity index (χ1v) is 9.00. The number of rotatable bonds is 9. The van der Waals surface area contributed by atoms with Crippen molar-refractivity contribution in [1.82, 2.24) is 10.6 Å². The van der Waals surface area contributed by atoms with E-state index < -0.39 is 0 Å². The number of methoxy groups -OCH3 is 3. The van der Waals surface area contributed by atoms with Gasteiger partial charge in [-0.3, -0.25) is 0 Å². The van der Waals surface area contributed by atoms with Gasteiger partial charge in [-0.15, -0.1) is 24.0 Å². The van der Waals surface area contributed by atoms with E-state index in [1.54, 1.807) is 21.3 Å². The van der Waals surface area contributed by atoms with Crippen LogP contribution in [0.2, 0.25) is 0 Å². The molecule has 0 aliphatic carbocycles. The van der Waals surface area contributed by atoms with Gasteiger partial charge < -0.3 is 24.8 Å². The standard InChI is InChI=1S/C21H29N3O3.HI/c1-5-22-21(23-13-16-8-6-7-9-18(16)15-25-2)24-14-17-10-11-19(26-3)12-20(17)27-4;/h6-12H,5,13-15H2,1-4H3,(H2,22,23,24);1H. The van der Waals surface area contributed by atoms with Crippen LogP contribution < -0.4 is 20.1 Å². The number of hydrogen-bond acceptors (Lipinski definition) is 4. The second-order valence-corrected chi connectivity index (χ2v) is 5.93. The van der Waals surface area contributed by atoms with Gasteiger partial charge in [0.2, 0.25) is 0 Å². The van der Waals surface area contributed by atoms with Crippen LogP contribution >= 0.6 is 24.0 Å². The molecule has 0 bridgehead atoms. The van der Waals surface area contributed by atoms with Gasteiger partial charge in [0.05, 0.1) is 27.4 Å². The molecule has 0 spiro atoms. The Bertz CT molecular complexity index is 753. The molecule has 2 aromatic carbocycles. The summed E-state index contributed by atoms with van der Waals surface area (Å²) in [5.41, 5.74) is 3.35. The molecule has 2 aromatic rings. The summed E-state index contributed by atoms with van der Waals surface area (Å²) < 4.78 is 16.0. The molecular formula is C21H30IN3O3. The summed E-state index contributed by atoms with van der Waals surface area (Å²) in [7, 11) is 5.00. The first-order chi connectivity index (χ1) is 13.2. The van der Waals surface area contributed by atoms with Crippen molar-refractivity contribution in [2.24, 2.45) is 4.99 Å². The Morgan fingerprint density at radius 3 is 2.32 bits per heavy atom. The Kier molecular flexibility index (Phi) is 11.4. The van der Waals surface area contributed by atoms with Gasteiger partial charge in [-0.05, 0) is 30.2 Å². The monoisotopic (exact) mass is 499 g/mol. The van der Waals surface area contributed by atoms with Crippen molar-refractivity contribution in [1.29, 1.82) is 0 Å². The highest BCUT2D eigenvalue weighted by Crippen LogP contribution is 2.25. The van der Waals surface area contributed by atoms with Crippen LogP contribution in [0, 0.1) is 0 Å². The van der Waals surface area contributed by atoms with Crippen LogP contribution in [0.25, 0.3) is 0 Å². The molecule has 7 heteroatoms. The van der Waals surface area contributed by atoms with Crippen LogP contribution in [0.15, 0.2) is 47.5 Å². The highest BCUT2D eigenvalue weighted by Gasteiger charge is 2.06. The quantitative estimate of drug-likeness (QED) is 0.313. The third-order valence-corrected chi connectivity index (χ3v) is 4.11. The van der Waals surface area contributed by atoms with Crippen molar-refractivity contribution < 1.29 is 14.2 Å². The normalized spacial score (nSPS) is 10.8. The van der Waals surface area contributed by atoms with E-state index in [2.05, 4.69) is 27.8 Å². The third kappa shape index (κ3) is 7.20. The third-order valence-electron chi connectivity index (χ3n) is 4.11. The molecule has 0 saturated heterocycles. The zero-order valence-electron chi connectivity index (χ0n) is 17.0. The molecule has 0 saturated carbocycles. The number of benzene rings is 2. The summed E-state index contributed by atoms with van der Waals surface area (Å²) in [6.07, 6.45) is 0. The van der Waals surface area contributed by atoms with Gasteiger partial charge in [0.15, 0.2) is 5.96 Å². The van der Waals surface area contributed by atoms with Gasteiger partial charge in [-0.1, -0.05) is 24.3 Å². The van der Waals surface area contributed by atoms with Crippen molar-refractivity contribution in [3.05, 3.63) is 59.2 Å². The summed E-state index contributed by atoms with van der Waals surface area (Å²) in [5.74, 6) is 2.28. The number of ether oxygens (including phenoxy) is 3. The Hall–Kier alpha value is -2.00. The van der Waals surface area contributed by atoms with Gasteiger partial charge in [-0.2, -0.15) is 0 Å². The van der Waals surface area contributed by atoms with E-state index >= 15 is 0 Å². The minimum atomic E-state index is 0. The highest BCUT2D eigenvalue weighted by molar-refractivity contribution is 14.0. The lowest BCUT2D eigenvalue weighted by atomic mass is 10.1. The van der Waals surface area contributed by atoms with Crippen LogP contribution in [0.1, 0.15) is 23.6 Å². The van der Waals surface area contributed by atoms with E-state index in [9.17, 15) is 0 Å². The minimum absolute atomic E-state index is 0. The number of aliphatic imine (C=N–C) groups is 1. The van der Waals surface area contributed by atoms with E-state index in [4.69, 9.17) is 14.2 Å². The summed E-state index contributed by atoms with van der Waals surface area (Å²) in [4.78, 5) is 4.68. The largest absolute Gasteiger partial charge is 0.497 e. The lowest BCUT2D eigenvalue weighted by Crippen LogP contribution is -2.37. The summed E-state index contributed by atoms with van der Waals surface area (Å²) in [6.45, 7) is 4.59. The van der Waals surface area contributed by atoms with E-state index in [1.165, 1.54) is 11.1 Å². The predicted octanol–water partition coefficient (Wildman–Crippen LogP) is 3.72. The molecule has 2 N–H and O–H groups in total. The van der Waals surface area contributed by atoms with Crippen LogP contribution in [-0.4, -0.2) is 33.8 Å². The first-order valence-electron chi connectivity index (χ1n) is 9.00. The fourth-order valence-electron chi connectivity index (χ4n) is 2.69. The van der Waals surface area contributed by atoms with Gasteiger partial charge in [0, 0.05) is 31.8 Å². The molecule has 6 nitrogen and oxygen atoms in total. The van der Waals surface area contributed by atoms with E-state index in [-0.39, 0.29) is 24.0 Å². The predicted molar refractivity (Wildman–Crippen MR) is 124 cm³/mol. The summed E-state index contributed by atoms with van der Waals surface area (Å²) >= 11 is 0. The lowest BCUT2D eigenvalue weighted by molar-refractivity contribution is 0.184. The van der Waals surface area contributed by atoms with Crippen molar-refractivity contribution in [2.45, 2.75) is 26.6 Å². The molecule has 0 aromatic heterocycles. The lowest BCUT2D eigenvalue weighted by Gasteiger charge is -2.14. The van der Waals surface area contributed by atoms with Crippen LogP contribution in [0.4, 0.5) is 0 Å². The molecule has 0 aliphatic rings. The minimum Gasteiger partial charge on any atom is -0.497 e. The average molecular weight is 499 g/mol. The number of hydrogen-bond donors (Lipinski definition) is 2. The molecule has 0 atom stereocenters. The second kappa shape index (κ2) is 13.2. The first kappa shape index (κ1) is 24.0. The molecule has 154 valence electrons. The Labute approximate surface area is 184 Å². The van der Waals surface area contributed by atoms with Crippen LogP contribution in [0.3, 0.4) is 0 Å². The molecule has 2 rings (SSSR count). The maximum absolute atomic E-state index is 5.45. The smallest absolute Gasteiger partial charge is 0.191 e. The molecule has 0 radical (unpaired) electrons. The average Bonchev–Trinajstić information content (AvgIpc) is 2.71. The number of nitrogens with one attached hydrogen (secondary N) is 2. The maximum atomic E-state index is 5.45. The zero-order valence-corrected chi connectivity index (χ0v) is 19.3. The molecule has 0 aliphatic heterocycles. The van der Waals surface area contributed by atoms with Gasteiger partial charge >= 0.3 is 0 Å². The number of nitrogens with zero attached hydrogens (tertiary/aromatic N) is 1. The number of guanidine groups is 1. The Morgan fingerprint density at radius 1 is 0.929 bits per heavy atom. The van der Waals surface area contributed by atoms with Crippen molar-refractivity contribution in [2.75, 3.05) is 27.9 Å². The maximum Gasteiger partial charge on any atom is 0.191 e. The Morgan fingerprint density at radius 2 is 1.68 bits per heavy atom. The van der Waals surface area contributed by atoms with E-state index in [1.807, 2.05) is 37.3 Å². The highest BCUT2D eigenvalue weighted by atomic mass is 127. The summed E-state index contributed by atoms with van der Waals surface area (Å²) in [6, 6.07) is 14.0. The van der Waals surface area contributed by atoms with Crippen molar-refractivity contribution in [3.8, 4) is 11.5 Å². The van der Waals surface area contributed by atoms with E-state index in [0.717, 1.165) is 29.6 Å². The van der Waals surface area contributed by atoms with Gasteiger partial charge in [0.25, 0.3) is 0 Å². The molecule has 0 fully saturated rings.